The molecule has 10 heterocycles. The van der Waals surface area contributed by atoms with Crippen molar-refractivity contribution in [2.75, 3.05) is 23.6 Å². The van der Waals surface area contributed by atoms with Crippen LogP contribution in [0, 0.1) is 16.3 Å². The second-order valence-electron chi connectivity index (χ2n) is 27.6. The average Bonchev–Trinajstić information content (AvgIpc) is 1.66. The van der Waals surface area contributed by atoms with Gasteiger partial charge in [0.25, 0.3) is 0 Å². The Morgan fingerprint density at radius 2 is 0.840 bits per heavy atom. The average molecular weight is 2110 g/mol. The maximum absolute atomic E-state index is 12.4. The fraction of sp³-hybridized carbons (Fsp3) is 0.566. The number of nitrogens with two attached hydrogens (primary N) is 1. The van der Waals surface area contributed by atoms with Crippen molar-refractivity contribution >= 4 is 152 Å². The van der Waals surface area contributed by atoms with E-state index in [0.29, 0.717) is 64.9 Å². The number of hydrogen-bond donors (Lipinski definition) is 5. The summed E-state index contributed by atoms with van der Waals surface area (Å²) in [6.07, 6.45) is 24.7. The number of nitriles is 1. The number of carbonyl (C=O) groups excluding carboxylic acids is 1. The molecule has 100 heavy (non-hydrogen) atoms. The Bertz CT molecular complexity index is 3410. The van der Waals surface area contributed by atoms with Gasteiger partial charge in [-0.2, -0.15) is 26.9 Å². The first-order chi connectivity index (χ1) is 46.4. The summed E-state index contributed by atoms with van der Waals surface area (Å²) in [5.74, 6) is 2.97. The zero-order valence-corrected chi connectivity index (χ0v) is 71.1. The van der Waals surface area contributed by atoms with E-state index in [0.717, 1.165) is 73.0 Å². The molecule has 10 fully saturated rings. The Labute approximate surface area is 689 Å². The van der Waals surface area contributed by atoms with E-state index in [1.807, 2.05) is 77.2 Å². The molecule has 10 bridgehead atoms. The number of nitrogens with zero attached hydrogens (tertiary/aromatic N) is 4. The van der Waals surface area contributed by atoms with Crippen molar-refractivity contribution in [3.8, 4) is 23.3 Å². The summed E-state index contributed by atoms with van der Waals surface area (Å²) in [7, 11) is 1.01. The molecule has 13 nitrogen and oxygen atoms in total. The van der Waals surface area contributed by atoms with Crippen LogP contribution in [0.5, 0.6) is 17.2 Å². The second kappa shape index (κ2) is 43.2. The number of nitrogens with one attached hydrogen (secondary N) is 2. The Balaban J connectivity index is 0.000000218. The van der Waals surface area contributed by atoms with E-state index in [4.69, 9.17) is 11.0 Å². The van der Waals surface area contributed by atoms with Crippen LogP contribution in [0.15, 0.2) is 121 Å². The fourth-order valence-corrected chi connectivity index (χ4v) is 17.5. The van der Waals surface area contributed by atoms with Crippen LogP contribution in [0.2, 0.25) is 0 Å². The van der Waals surface area contributed by atoms with E-state index >= 15 is 0 Å². The Morgan fingerprint density at radius 1 is 0.550 bits per heavy atom. The first-order valence-electron chi connectivity index (χ1n) is 33.9. The van der Waals surface area contributed by atoms with Gasteiger partial charge in [0, 0.05) is 84.5 Å². The molecule has 0 aromatic heterocycles. The molecule has 0 aliphatic carbocycles. The minimum absolute atomic E-state index is 0. The minimum Gasteiger partial charge on any atom is -0.508 e. The van der Waals surface area contributed by atoms with Gasteiger partial charge in [-0.05, 0) is 268 Å². The topological polar surface area (TPSA) is 184 Å². The van der Waals surface area contributed by atoms with Crippen LogP contribution in [0.25, 0.3) is 0 Å². The van der Waals surface area contributed by atoms with Gasteiger partial charge in [0.05, 0.1) is 14.1 Å². The minimum atomic E-state index is -5.62. The molecule has 10 saturated heterocycles. The van der Waals surface area contributed by atoms with Crippen LogP contribution < -0.4 is 20.6 Å². The van der Waals surface area contributed by atoms with Gasteiger partial charge in [-0.1, -0.05) is 188 Å². The molecule has 6 N–H and O–H groups in total. The van der Waals surface area contributed by atoms with Gasteiger partial charge < -0.3 is 68.1 Å². The summed E-state index contributed by atoms with van der Waals surface area (Å²) >= 11 is 13.4. The quantitative estimate of drug-likeness (QED) is 0.0326. The third-order valence-corrected chi connectivity index (χ3v) is 22.9. The normalized spacial score (nSPS) is 28.7. The SMILES string of the molecule is C.C.CN1C2CCC1CC(c1cccc(C#N)c1)C2.CN1C2CCC1CC(c1cccc(O)c1)C2.CN1C2CCC1CC(c1cccc(OS(=O)(=O)C(F)(F)F)c1)C2.IC(I)I.ICI.NC(=O)c1cccc(C2CC3CCC(C2)N3)c1.Oc1cccc(C2CC3CCC(C2)N3)c1.[CH2-]I.[V]. The molecule has 553 valence electrons. The van der Waals surface area contributed by atoms with Crippen molar-refractivity contribution < 1.29 is 59.3 Å². The molecule has 1 amide bonds. The molecule has 0 spiro atoms. The number of phenols is 2. The van der Waals surface area contributed by atoms with E-state index in [-0.39, 0.29) is 51.0 Å². The summed E-state index contributed by atoms with van der Waals surface area (Å²) in [6, 6.07) is 46.7. The van der Waals surface area contributed by atoms with Crippen molar-refractivity contribution in [3.05, 3.63) is 165 Å². The number of fused-ring (bicyclic) bond motifs is 10. The van der Waals surface area contributed by atoms with Gasteiger partial charge in [0.1, 0.15) is 17.2 Å². The van der Waals surface area contributed by atoms with Gasteiger partial charge in [0.15, 0.2) is 0 Å². The summed E-state index contributed by atoms with van der Waals surface area (Å²) < 4.78 is 65.6. The standard InChI is InChI=1S/C15H18F3NO3S.C15H18N2.C14H18N2O.C14H19NO.C13H17NO.CHI3.CH2I2.CH2I.2CH4.V/c1-19-12-5-6-13(19)8-11(7-12)10-3-2-4-14(9-10)22-23(20,21)15(16,17)18;1-17-14-5-6-15(17)9-13(8-14)12-4-2-3-11(7-12)10-16;15-14(17)10-3-1-2-9(6-10)11-7-12-4-5-13(8-11)16-12;1-15-12-5-6-13(15)8-11(7-12)10-3-2-4-14(16)9-10;15-13-3-1-2-9(8-13)10-6-11-4-5-12(7-10)14-11;2-1(3)4;2-1-3;1-2;;;/h2-4,9,11-13H,5-8H2,1H3;2-4,7,13-15H,5-6,8-9H2,1H3;1-3,6,11-13,16H,4-5,7-8H2,(H2,15,17);2-4,9,11-13,16H,5-8H2,1H3;1-3,8,10-12,14-15H,4-7H2;1H;1H2;1H2;2*1H4;/q;;;;;;;-1;;;. The van der Waals surface area contributed by atoms with Crippen LogP contribution >= 0.6 is 136 Å². The number of rotatable bonds is 8. The first kappa shape index (κ1) is 89.6. The van der Waals surface area contributed by atoms with E-state index in [1.165, 1.54) is 146 Å². The molecule has 1 radical (unpaired) electrons. The molecule has 10 unspecified atom stereocenters. The van der Waals surface area contributed by atoms with Crippen LogP contribution in [-0.2, 0) is 28.7 Å². The maximum Gasteiger partial charge on any atom is 0.534 e. The number of benzene rings is 5. The van der Waals surface area contributed by atoms with Gasteiger partial charge in [-0.25, -0.2) is 0 Å². The van der Waals surface area contributed by atoms with E-state index < -0.39 is 15.6 Å². The Morgan fingerprint density at radius 3 is 1.16 bits per heavy atom. The molecule has 5 aromatic rings. The number of carbonyl (C=O) groups is 1. The Hall–Kier alpha value is -1.04. The molecule has 10 aliphatic heterocycles. The molecule has 10 aliphatic rings. The molecule has 24 heteroatoms. The zero-order chi connectivity index (χ0) is 70.1. The summed E-state index contributed by atoms with van der Waals surface area (Å²) in [5, 5.41) is 35.2. The number of primary amides is 1. The summed E-state index contributed by atoms with van der Waals surface area (Å²) in [5.41, 5.74) is 7.46. The zero-order valence-electron chi connectivity index (χ0n) is 56.0. The summed E-state index contributed by atoms with van der Waals surface area (Å²) in [4.78, 5) is 21.9. The number of halogens is 9. The molecule has 0 saturated carbocycles. The monoisotopic (exact) mass is 2110 g/mol. The van der Waals surface area contributed by atoms with Gasteiger partial charge in [-0.3, -0.25) is 9.73 Å². The number of amides is 1. The van der Waals surface area contributed by atoms with E-state index in [9.17, 15) is 36.6 Å². The predicted molar refractivity (Wildman–Crippen MR) is 449 cm³/mol. The summed E-state index contributed by atoms with van der Waals surface area (Å²) in [6.45, 7) is 0. The van der Waals surface area contributed by atoms with Crippen LogP contribution in [0.3, 0.4) is 0 Å². The third-order valence-electron chi connectivity index (χ3n) is 21.9. The number of phenolic OH excluding ortho intramolecular Hbond substituents is 2. The van der Waals surface area contributed by atoms with Gasteiger partial charge >= 0.3 is 15.6 Å². The van der Waals surface area contributed by atoms with Crippen molar-refractivity contribution in [2.45, 2.75) is 239 Å². The number of hydrogen-bond acceptors (Lipinski definition) is 12. The second-order valence-corrected chi connectivity index (χ2v) is 44.5. The van der Waals surface area contributed by atoms with E-state index in [1.54, 1.807) is 18.2 Å². The first-order valence-corrected chi connectivity index (χ1v) is 43.7. The smallest absolute Gasteiger partial charge is 0.508 e. The number of alkyl halides is 8. The van der Waals surface area contributed by atoms with Crippen LogP contribution in [0.1, 0.15) is 217 Å². The van der Waals surface area contributed by atoms with Gasteiger partial charge in [-0.15, -0.1) is 0 Å². The molecule has 10 atom stereocenters. The van der Waals surface area contributed by atoms with Crippen molar-refractivity contribution in [1.82, 2.24) is 25.3 Å². The van der Waals surface area contributed by atoms with Crippen molar-refractivity contribution in [2.24, 2.45) is 5.73 Å². The molecular weight excluding hydrogens is 2010 g/mol. The molecular formula is C76H103F3I6N7O6SV-. The molecule has 5 aromatic carbocycles. The molecule has 15 rings (SSSR count). The van der Waals surface area contributed by atoms with Gasteiger partial charge in [0.2, 0.25) is 5.91 Å². The maximum atomic E-state index is 12.4. The van der Waals surface area contributed by atoms with Crippen LogP contribution in [-0.4, -0.2) is 129 Å². The largest absolute Gasteiger partial charge is 0.534 e. The van der Waals surface area contributed by atoms with Crippen molar-refractivity contribution in [3.63, 3.8) is 0 Å². The number of piperidine rings is 5. The fourth-order valence-electron chi connectivity index (χ4n) is 17.1. The third kappa shape index (κ3) is 25.8. The van der Waals surface area contributed by atoms with E-state index in [2.05, 4.69) is 205 Å². The predicted octanol–water partition coefficient (Wildman–Crippen LogP) is 19.9. The van der Waals surface area contributed by atoms with Crippen molar-refractivity contribution in [1.29, 1.82) is 5.26 Å². The van der Waals surface area contributed by atoms with Crippen LogP contribution in [0.4, 0.5) is 13.2 Å². The Kier molecular flexibility index (Phi) is 38.7. The number of aromatic hydroxyl groups is 2.